The summed E-state index contributed by atoms with van der Waals surface area (Å²) >= 11 is 0. The van der Waals surface area contributed by atoms with Crippen LogP contribution in [0.4, 0.5) is 11.5 Å². The second-order valence-electron chi connectivity index (χ2n) is 4.40. The van der Waals surface area contributed by atoms with Crippen molar-refractivity contribution in [1.29, 1.82) is 0 Å². The Kier molecular flexibility index (Phi) is 2.95. The average molecular weight is 237 g/mol. The van der Waals surface area contributed by atoms with E-state index < -0.39 is 0 Å². The third kappa shape index (κ3) is 1.94. The highest BCUT2D eigenvalue weighted by atomic mass is 16.2. The fraction of sp³-hybridized carbons (Fsp3) is 0.636. The molecule has 2 rings (SSSR count). The number of carbonyl (C=O) groups excluding carboxylic acids is 1. The van der Waals surface area contributed by atoms with Crippen LogP contribution in [0.5, 0.6) is 0 Å². The Bertz CT molecular complexity index is 439. The van der Waals surface area contributed by atoms with Crippen molar-refractivity contribution in [3.8, 4) is 0 Å². The number of rotatable bonds is 2. The third-order valence-corrected chi connectivity index (χ3v) is 3.22. The quantitative estimate of drug-likeness (QED) is 0.776. The predicted molar refractivity (Wildman–Crippen MR) is 66.8 cm³/mol. The SMILES string of the molecule is CCc1nn(C)c(N2CCN(C)C(=O)C2)c1N. The van der Waals surface area contributed by atoms with Crippen LogP contribution in [0.3, 0.4) is 0 Å². The molecule has 2 heterocycles. The summed E-state index contributed by atoms with van der Waals surface area (Å²) in [5, 5.41) is 4.37. The van der Waals surface area contributed by atoms with Crippen LogP contribution in [0, 0.1) is 0 Å². The van der Waals surface area contributed by atoms with E-state index >= 15 is 0 Å². The number of aromatic nitrogens is 2. The van der Waals surface area contributed by atoms with Crippen molar-refractivity contribution in [3.05, 3.63) is 5.69 Å². The minimum absolute atomic E-state index is 0.120. The maximum absolute atomic E-state index is 11.7. The molecule has 1 aromatic heterocycles. The van der Waals surface area contributed by atoms with Gasteiger partial charge < -0.3 is 15.5 Å². The molecule has 0 aliphatic carbocycles. The smallest absolute Gasteiger partial charge is 0.241 e. The Morgan fingerprint density at radius 2 is 2.06 bits per heavy atom. The number of anilines is 2. The average Bonchev–Trinajstić information content (AvgIpc) is 2.58. The van der Waals surface area contributed by atoms with Gasteiger partial charge in [0.15, 0.2) is 5.82 Å². The van der Waals surface area contributed by atoms with E-state index in [1.807, 2.05) is 25.9 Å². The number of hydrogen-bond acceptors (Lipinski definition) is 4. The highest BCUT2D eigenvalue weighted by Gasteiger charge is 2.25. The molecule has 0 bridgehead atoms. The first-order chi connectivity index (χ1) is 8.04. The van der Waals surface area contributed by atoms with Gasteiger partial charge in [0, 0.05) is 27.2 Å². The Morgan fingerprint density at radius 3 is 2.59 bits per heavy atom. The molecule has 1 aromatic rings. The standard InChI is InChI=1S/C11H19N5O/c1-4-8-10(12)11(15(3)13-8)16-6-5-14(2)9(17)7-16/h4-7,12H2,1-3H3. The Labute approximate surface area is 101 Å². The molecule has 2 N–H and O–H groups in total. The highest BCUT2D eigenvalue weighted by molar-refractivity contribution is 5.84. The first kappa shape index (κ1) is 11.8. The Hall–Kier alpha value is -1.72. The zero-order valence-electron chi connectivity index (χ0n) is 10.6. The molecule has 0 radical (unpaired) electrons. The third-order valence-electron chi connectivity index (χ3n) is 3.22. The summed E-state index contributed by atoms with van der Waals surface area (Å²) in [7, 11) is 3.69. The lowest BCUT2D eigenvalue weighted by atomic mass is 10.2. The fourth-order valence-electron chi connectivity index (χ4n) is 2.16. The van der Waals surface area contributed by atoms with Gasteiger partial charge in [-0.05, 0) is 6.42 Å². The highest BCUT2D eigenvalue weighted by Crippen LogP contribution is 2.27. The van der Waals surface area contributed by atoms with Crippen LogP contribution in [-0.4, -0.2) is 47.3 Å². The van der Waals surface area contributed by atoms with E-state index in [0.717, 1.165) is 31.0 Å². The van der Waals surface area contributed by atoms with Gasteiger partial charge in [0.2, 0.25) is 5.91 Å². The lowest BCUT2D eigenvalue weighted by molar-refractivity contribution is -0.129. The van der Waals surface area contributed by atoms with Crippen molar-refractivity contribution < 1.29 is 4.79 Å². The molecule has 1 amide bonds. The van der Waals surface area contributed by atoms with E-state index in [0.29, 0.717) is 12.2 Å². The summed E-state index contributed by atoms with van der Waals surface area (Å²) in [4.78, 5) is 15.4. The van der Waals surface area contributed by atoms with Gasteiger partial charge in [-0.2, -0.15) is 5.10 Å². The molecule has 1 fully saturated rings. The first-order valence-corrected chi connectivity index (χ1v) is 5.84. The summed E-state index contributed by atoms with van der Waals surface area (Å²) in [6, 6.07) is 0. The number of carbonyl (C=O) groups is 1. The van der Waals surface area contributed by atoms with Gasteiger partial charge in [0.05, 0.1) is 17.9 Å². The van der Waals surface area contributed by atoms with Crippen molar-refractivity contribution in [2.75, 3.05) is 37.3 Å². The van der Waals surface area contributed by atoms with Crippen LogP contribution in [0.15, 0.2) is 0 Å². The number of piperazine rings is 1. The monoisotopic (exact) mass is 237 g/mol. The van der Waals surface area contributed by atoms with Crippen LogP contribution in [0.1, 0.15) is 12.6 Å². The van der Waals surface area contributed by atoms with E-state index in [1.54, 1.807) is 9.58 Å². The van der Waals surface area contributed by atoms with Gasteiger partial charge in [-0.3, -0.25) is 9.48 Å². The number of nitrogen functional groups attached to an aromatic ring is 1. The Balaban J connectivity index is 2.28. The lowest BCUT2D eigenvalue weighted by Crippen LogP contribution is -2.49. The second-order valence-corrected chi connectivity index (χ2v) is 4.40. The summed E-state index contributed by atoms with van der Waals surface area (Å²) in [5.74, 6) is 0.984. The molecule has 1 aliphatic rings. The van der Waals surface area contributed by atoms with Crippen molar-refractivity contribution >= 4 is 17.4 Å². The normalized spacial score (nSPS) is 16.8. The molecule has 6 heteroatoms. The predicted octanol–water partition coefficient (Wildman–Crippen LogP) is -0.157. The van der Waals surface area contributed by atoms with Gasteiger partial charge >= 0.3 is 0 Å². The van der Waals surface area contributed by atoms with Crippen LogP contribution in [0.25, 0.3) is 0 Å². The number of likely N-dealkylation sites (N-methyl/N-ethyl adjacent to an activating group) is 1. The van der Waals surface area contributed by atoms with Gasteiger partial charge in [0.1, 0.15) is 0 Å². The number of nitrogens with zero attached hydrogens (tertiary/aromatic N) is 4. The van der Waals surface area contributed by atoms with Crippen molar-refractivity contribution in [1.82, 2.24) is 14.7 Å². The molecule has 0 atom stereocenters. The summed E-state index contributed by atoms with van der Waals surface area (Å²) < 4.78 is 1.77. The van der Waals surface area contributed by atoms with Gasteiger partial charge in [-0.1, -0.05) is 6.92 Å². The van der Waals surface area contributed by atoms with E-state index in [-0.39, 0.29) is 5.91 Å². The van der Waals surface area contributed by atoms with Crippen LogP contribution < -0.4 is 10.6 Å². The van der Waals surface area contributed by atoms with Crippen molar-refractivity contribution in [3.63, 3.8) is 0 Å². The van der Waals surface area contributed by atoms with E-state index in [1.165, 1.54) is 0 Å². The molecular formula is C11H19N5O. The molecule has 94 valence electrons. The molecular weight excluding hydrogens is 218 g/mol. The maximum Gasteiger partial charge on any atom is 0.241 e. The van der Waals surface area contributed by atoms with Crippen molar-refractivity contribution in [2.24, 2.45) is 7.05 Å². The zero-order valence-corrected chi connectivity index (χ0v) is 10.6. The molecule has 0 aromatic carbocycles. The van der Waals surface area contributed by atoms with Gasteiger partial charge in [-0.15, -0.1) is 0 Å². The number of hydrogen-bond donors (Lipinski definition) is 1. The van der Waals surface area contributed by atoms with Crippen molar-refractivity contribution in [2.45, 2.75) is 13.3 Å². The molecule has 1 aliphatic heterocycles. The molecule has 0 unspecified atom stereocenters. The minimum Gasteiger partial charge on any atom is -0.394 e. The van der Waals surface area contributed by atoms with E-state index in [9.17, 15) is 4.79 Å². The summed E-state index contributed by atoms with van der Waals surface area (Å²) in [5.41, 5.74) is 7.67. The fourth-order valence-corrected chi connectivity index (χ4v) is 2.16. The second kappa shape index (κ2) is 4.27. The number of nitrogens with two attached hydrogens (primary N) is 1. The van der Waals surface area contributed by atoms with E-state index in [4.69, 9.17) is 5.73 Å². The molecule has 17 heavy (non-hydrogen) atoms. The number of aryl methyl sites for hydroxylation is 2. The zero-order chi connectivity index (χ0) is 12.6. The van der Waals surface area contributed by atoms with Gasteiger partial charge in [-0.25, -0.2) is 0 Å². The van der Waals surface area contributed by atoms with Crippen LogP contribution in [-0.2, 0) is 18.3 Å². The van der Waals surface area contributed by atoms with Gasteiger partial charge in [0.25, 0.3) is 0 Å². The lowest BCUT2D eigenvalue weighted by Gasteiger charge is -2.33. The molecule has 0 saturated carbocycles. The van der Waals surface area contributed by atoms with E-state index in [2.05, 4.69) is 5.10 Å². The molecule has 0 spiro atoms. The minimum atomic E-state index is 0.120. The Morgan fingerprint density at radius 1 is 1.35 bits per heavy atom. The largest absolute Gasteiger partial charge is 0.394 e. The van der Waals surface area contributed by atoms with Crippen LogP contribution >= 0.6 is 0 Å². The molecule has 6 nitrogen and oxygen atoms in total. The summed E-state index contributed by atoms with van der Waals surface area (Å²) in [6.45, 7) is 3.93. The first-order valence-electron chi connectivity index (χ1n) is 5.84. The maximum atomic E-state index is 11.7. The topological polar surface area (TPSA) is 67.4 Å². The van der Waals surface area contributed by atoms with Crippen LogP contribution in [0.2, 0.25) is 0 Å². The number of amides is 1. The molecule has 1 saturated heterocycles. The summed E-state index contributed by atoms with van der Waals surface area (Å²) in [6.07, 6.45) is 0.807.